The summed E-state index contributed by atoms with van der Waals surface area (Å²) in [6.07, 6.45) is 5.16. The van der Waals surface area contributed by atoms with Crippen LogP contribution in [0, 0.1) is 11.8 Å². The van der Waals surface area contributed by atoms with Gasteiger partial charge in [0.05, 0.1) is 34.9 Å². The van der Waals surface area contributed by atoms with Gasteiger partial charge in [-0.3, -0.25) is 9.59 Å². The van der Waals surface area contributed by atoms with E-state index in [1.54, 1.807) is 14.1 Å². The second-order valence-corrected chi connectivity index (χ2v) is 9.62. The van der Waals surface area contributed by atoms with Crippen LogP contribution < -0.4 is 10.6 Å². The molecular weight excluding hydrogens is 360 g/mol. The number of carbonyl (C=O) groups is 2. The molecule has 0 bridgehead atoms. The number of aliphatic hydroxyl groups is 1. The van der Waals surface area contributed by atoms with Gasteiger partial charge in [0.1, 0.15) is 0 Å². The largest absolute Gasteiger partial charge is 0.390 e. The zero-order chi connectivity index (χ0) is 20.7. The summed E-state index contributed by atoms with van der Waals surface area (Å²) < 4.78 is 11.6. The smallest absolute Gasteiger partial charge is 0.223 e. The highest BCUT2D eigenvalue weighted by molar-refractivity contribution is 5.87. The van der Waals surface area contributed by atoms with Gasteiger partial charge in [0.25, 0.3) is 0 Å². The minimum atomic E-state index is -0.920. The van der Waals surface area contributed by atoms with E-state index in [9.17, 15) is 14.7 Å². The van der Waals surface area contributed by atoms with Gasteiger partial charge in [-0.1, -0.05) is 0 Å². The summed E-state index contributed by atoms with van der Waals surface area (Å²) in [4.78, 5) is 24.5. The lowest BCUT2D eigenvalue weighted by atomic mass is 9.69. The molecule has 0 aromatic carbocycles. The highest BCUT2D eigenvalue weighted by atomic mass is 16.6. The van der Waals surface area contributed by atoms with Crippen LogP contribution in [0.3, 0.4) is 0 Å². The van der Waals surface area contributed by atoms with Crippen LogP contribution in [0.25, 0.3) is 0 Å². The van der Waals surface area contributed by atoms with Gasteiger partial charge in [-0.15, -0.1) is 0 Å². The van der Waals surface area contributed by atoms with Crippen LogP contribution >= 0.6 is 0 Å². The second kappa shape index (κ2) is 7.58. The van der Waals surface area contributed by atoms with Crippen molar-refractivity contribution in [3.05, 3.63) is 0 Å². The van der Waals surface area contributed by atoms with Crippen molar-refractivity contribution in [1.29, 1.82) is 0 Å². The molecule has 7 heteroatoms. The van der Waals surface area contributed by atoms with E-state index >= 15 is 0 Å². The van der Waals surface area contributed by atoms with Gasteiger partial charge in [-0.25, -0.2) is 0 Å². The minimum Gasteiger partial charge on any atom is -0.390 e. The van der Waals surface area contributed by atoms with Crippen LogP contribution in [0.5, 0.6) is 0 Å². The Kier molecular flexibility index (Phi) is 5.82. The van der Waals surface area contributed by atoms with Gasteiger partial charge in [0.2, 0.25) is 11.8 Å². The van der Waals surface area contributed by atoms with Crippen LogP contribution in [-0.2, 0) is 19.1 Å². The molecule has 7 nitrogen and oxygen atoms in total. The first-order valence-corrected chi connectivity index (χ1v) is 10.5. The van der Waals surface area contributed by atoms with Crippen LogP contribution in [0.2, 0.25) is 0 Å². The highest BCUT2D eigenvalue weighted by Gasteiger charge is 2.55. The predicted octanol–water partition coefficient (Wildman–Crippen LogP) is 1.52. The van der Waals surface area contributed by atoms with E-state index in [1.165, 1.54) is 0 Å². The Bertz CT molecular complexity index is 624. The molecule has 0 aromatic rings. The molecule has 160 valence electrons. The molecule has 3 N–H and O–H groups in total. The zero-order valence-electron chi connectivity index (χ0n) is 17.8. The molecule has 6 atom stereocenters. The molecule has 28 heavy (non-hydrogen) atoms. The first-order chi connectivity index (χ1) is 13.0. The summed E-state index contributed by atoms with van der Waals surface area (Å²) in [5.41, 5.74) is -1.04. The molecule has 1 saturated carbocycles. The van der Waals surface area contributed by atoms with E-state index in [1.807, 2.05) is 0 Å². The number of nitrogens with one attached hydrogen (secondary N) is 2. The van der Waals surface area contributed by atoms with Crippen molar-refractivity contribution in [1.82, 2.24) is 10.6 Å². The average molecular weight is 397 g/mol. The van der Waals surface area contributed by atoms with Crippen molar-refractivity contribution in [2.75, 3.05) is 14.1 Å². The molecule has 0 radical (unpaired) electrons. The van der Waals surface area contributed by atoms with E-state index in [0.29, 0.717) is 31.8 Å². The van der Waals surface area contributed by atoms with Crippen molar-refractivity contribution in [2.45, 2.75) is 94.7 Å². The molecule has 2 heterocycles. The number of carbonyl (C=O) groups excluding carboxylic acids is 2. The third-order valence-corrected chi connectivity index (χ3v) is 7.15. The average Bonchev–Trinajstić information content (AvgIpc) is 3.51. The van der Waals surface area contributed by atoms with Crippen molar-refractivity contribution in [3.63, 3.8) is 0 Å². The summed E-state index contributed by atoms with van der Waals surface area (Å²) in [5, 5.41) is 16.4. The zero-order valence-corrected chi connectivity index (χ0v) is 17.8. The highest BCUT2D eigenvalue weighted by Crippen LogP contribution is 2.48. The first-order valence-electron chi connectivity index (χ1n) is 10.5. The molecular formula is C21H36N2O5. The monoisotopic (exact) mass is 396 g/mol. The summed E-state index contributed by atoms with van der Waals surface area (Å²) in [5.74, 6) is -1.18. The molecule has 2 aliphatic heterocycles. The van der Waals surface area contributed by atoms with E-state index in [0.717, 1.165) is 19.3 Å². The topological polar surface area (TPSA) is 103 Å². The summed E-state index contributed by atoms with van der Waals surface area (Å²) in [7, 11) is 3.16. The van der Waals surface area contributed by atoms with Crippen molar-refractivity contribution < 1.29 is 24.2 Å². The van der Waals surface area contributed by atoms with Gasteiger partial charge in [0.15, 0.2) is 0 Å². The van der Waals surface area contributed by atoms with Gasteiger partial charge < -0.3 is 25.2 Å². The van der Waals surface area contributed by atoms with Gasteiger partial charge in [0, 0.05) is 20.0 Å². The lowest BCUT2D eigenvalue weighted by molar-refractivity contribution is -0.142. The summed E-state index contributed by atoms with van der Waals surface area (Å²) >= 11 is 0. The maximum absolute atomic E-state index is 12.3. The fraction of sp³-hybridized carbons (Fsp3) is 0.905. The Morgan fingerprint density at radius 2 is 1.54 bits per heavy atom. The third-order valence-electron chi connectivity index (χ3n) is 7.15. The first kappa shape index (κ1) is 21.5. The fourth-order valence-electron chi connectivity index (χ4n) is 4.90. The van der Waals surface area contributed by atoms with Gasteiger partial charge >= 0.3 is 0 Å². The molecule has 0 spiro atoms. The maximum Gasteiger partial charge on any atom is 0.223 e. The number of hydrogen-bond donors (Lipinski definition) is 3. The van der Waals surface area contributed by atoms with E-state index in [4.69, 9.17) is 9.47 Å². The standard InChI is InChI=1S/C21H36N2O5/c1-19(2)15(27-19)7-9-20(3)16(28-20)8-11-21(26)10-6-13(17(24)22-4)14(12-21)18(25)23-5/h13-16,26H,6-12H2,1-5H3,(H,22,24)(H,23,25). The second-order valence-electron chi connectivity index (χ2n) is 9.62. The predicted molar refractivity (Wildman–Crippen MR) is 105 cm³/mol. The summed E-state index contributed by atoms with van der Waals surface area (Å²) in [6, 6.07) is 0. The van der Waals surface area contributed by atoms with Gasteiger partial charge in [-0.05, 0) is 65.7 Å². The van der Waals surface area contributed by atoms with E-state index in [2.05, 4.69) is 31.4 Å². The molecule has 3 fully saturated rings. The number of amides is 2. The van der Waals surface area contributed by atoms with Crippen LogP contribution in [0.1, 0.15) is 65.7 Å². The molecule has 6 unspecified atom stereocenters. The van der Waals surface area contributed by atoms with E-state index < -0.39 is 11.5 Å². The lowest BCUT2D eigenvalue weighted by Crippen LogP contribution is -2.49. The molecule has 1 aliphatic carbocycles. The third kappa shape index (κ3) is 4.52. The van der Waals surface area contributed by atoms with Crippen LogP contribution in [-0.4, -0.2) is 60.0 Å². The molecule has 3 rings (SSSR count). The molecule has 3 aliphatic rings. The number of epoxide rings is 2. The quantitative estimate of drug-likeness (QED) is 0.540. The number of hydrogen-bond acceptors (Lipinski definition) is 5. The Labute approximate surface area is 167 Å². The molecule has 2 saturated heterocycles. The van der Waals surface area contributed by atoms with E-state index in [-0.39, 0.29) is 35.0 Å². The molecule has 2 amide bonds. The SMILES string of the molecule is CNC(=O)C1CCC(O)(CCC2OC2(C)CCC2OC2(C)C)CC1C(=O)NC. The minimum absolute atomic E-state index is 0.00812. The normalized spacial score (nSPS) is 41.2. The Morgan fingerprint density at radius 1 is 0.964 bits per heavy atom. The number of rotatable bonds is 8. The van der Waals surface area contributed by atoms with Crippen LogP contribution in [0.15, 0.2) is 0 Å². The Balaban J connectivity index is 1.50. The van der Waals surface area contributed by atoms with Crippen molar-refractivity contribution in [3.8, 4) is 0 Å². The fourth-order valence-corrected chi connectivity index (χ4v) is 4.90. The van der Waals surface area contributed by atoms with Crippen LogP contribution in [0.4, 0.5) is 0 Å². The van der Waals surface area contributed by atoms with Crippen molar-refractivity contribution >= 4 is 11.8 Å². The summed E-state index contributed by atoms with van der Waals surface area (Å²) in [6.45, 7) is 6.35. The Morgan fingerprint density at radius 3 is 2.11 bits per heavy atom. The number of ether oxygens (including phenoxy) is 2. The van der Waals surface area contributed by atoms with Crippen molar-refractivity contribution in [2.24, 2.45) is 11.8 Å². The Hall–Kier alpha value is -1.18. The maximum atomic E-state index is 12.3. The lowest BCUT2D eigenvalue weighted by Gasteiger charge is -2.40. The molecule has 0 aromatic heterocycles. The van der Waals surface area contributed by atoms with Gasteiger partial charge in [-0.2, -0.15) is 0 Å².